The van der Waals surface area contributed by atoms with E-state index in [-0.39, 0.29) is 11.3 Å². The van der Waals surface area contributed by atoms with Crippen LogP contribution in [0.3, 0.4) is 0 Å². The molecule has 0 unspecified atom stereocenters. The predicted molar refractivity (Wildman–Crippen MR) is 115 cm³/mol. The molecule has 29 heavy (non-hydrogen) atoms. The average molecular weight is 415 g/mol. The molecule has 0 radical (unpaired) electrons. The van der Waals surface area contributed by atoms with Gasteiger partial charge in [-0.1, -0.05) is 26.8 Å². The smallest absolute Gasteiger partial charge is 0.336 e. The Morgan fingerprint density at radius 2 is 1.93 bits per heavy atom. The monoisotopic (exact) mass is 414 g/mol. The maximum Gasteiger partial charge on any atom is 0.336 e. The minimum atomic E-state index is -0.0560. The molecule has 0 fully saturated rings. The van der Waals surface area contributed by atoms with Gasteiger partial charge in [-0.05, 0) is 41.1 Å². The number of nitrogens with zero attached hydrogens (tertiary/aromatic N) is 3. The number of methoxy groups -OCH3 is 1. The fourth-order valence-corrected chi connectivity index (χ4v) is 3.39. The molecule has 0 bridgehead atoms. The Labute approximate surface area is 174 Å². The van der Waals surface area contributed by atoms with Gasteiger partial charge in [0.1, 0.15) is 6.61 Å². The molecule has 1 amide bonds. The molecule has 1 aromatic carbocycles. The lowest BCUT2D eigenvalue weighted by atomic mass is 9.92. The summed E-state index contributed by atoms with van der Waals surface area (Å²) in [5.41, 5.74) is 1.52. The van der Waals surface area contributed by atoms with E-state index in [2.05, 4.69) is 15.4 Å². The van der Waals surface area contributed by atoms with Crippen LogP contribution in [0.25, 0.3) is 16.4 Å². The molecule has 7 nitrogen and oxygen atoms in total. The Bertz CT molecular complexity index is 928. The van der Waals surface area contributed by atoms with Gasteiger partial charge >= 0.3 is 6.01 Å². The van der Waals surface area contributed by atoms with Crippen molar-refractivity contribution >= 4 is 22.9 Å². The van der Waals surface area contributed by atoms with E-state index < -0.39 is 0 Å². The fourth-order valence-electron chi connectivity index (χ4n) is 2.69. The second kappa shape index (κ2) is 9.19. The maximum absolute atomic E-state index is 12.2. The van der Waals surface area contributed by atoms with E-state index in [4.69, 9.17) is 9.47 Å². The summed E-state index contributed by atoms with van der Waals surface area (Å²) in [6, 6.07) is 11.8. The van der Waals surface area contributed by atoms with Crippen LogP contribution < -0.4 is 10.1 Å². The van der Waals surface area contributed by atoms with Crippen molar-refractivity contribution in [3.63, 3.8) is 0 Å². The van der Waals surface area contributed by atoms with E-state index in [1.54, 1.807) is 23.1 Å². The zero-order valence-electron chi connectivity index (χ0n) is 17.1. The number of benzene rings is 1. The molecule has 0 atom stereocenters. The summed E-state index contributed by atoms with van der Waals surface area (Å²) in [5, 5.41) is 9.43. The average Bonchev–Trinajstić information content (AvgIpc) is 3.30. The van der Waals surface area contributed by atoms with Crippen molar-refractivity contribution < 1.29 is 14.3 Å². The molecule has 0 saturated heterocycles. The van der Waals surface area contributed by atoms with Crippen LogP contribution in [0.4, 0.5) is 5.69 Å². The van der Waals surface area contributed by atoms with Crippen LogP contribution in [0.15, 0.2) is 41.8 Å². The van der Waals surface area contributed by atoms with Gasteiger partial charge in [0.25, 0.3) is 0 Å². The largest absolute Gasteiger partial charge is 0.460 e. The first-order chi connectivity index (χ1) is 13.9. The molecule has 2 heterocycles. The molecule has 0 aliphatic heterocycles. The first-order valence-electron chi connectivity index (χ1n) is 9.39. The lowest BCUT2D eigenvalue weighted by molar-refractivity contribution is -0.117. The molecule has 0 aliphatic rings. The van der Waals surface area contributed by atoms with Crippen molar-refractivity contribution in [2.75, 3.05) is 25.6 Å². The topological polar surface area (TPSA) is 78.3 Å². The van der Waals surface area contributed by atoms with Crippen LogP contribution in [-0.2, 0) is 9.53 Å². The van der Waals surface area contributed by atoms with E-state index in [0.717, 1.165) is 16.3 Å². The van der Waals surface area contributed by atoms with Crippen LogP contribution in [0.5, 0.6) is 6.01 Å². The number of rotatable bonds is 8. The highest BCUT2D eigenvalue weighted by molar-refractivity contribution is 7.13. The van der Waals surface area contributed by atoms with E-state index >= 15 is 0 Å². The zero-order chi connectivity index (χ0) is 20.9. The van der Waals surface area contributed by atoms with Crippen molar-refractivity contribution in [1.29, 1.82) is 0 Å². The highest BCUT2D eigenvalue weighted by Crippen LogP contribution is 2.28. The highest BCUT2D eigenvalue weighted by Gasteiger charge is 2.17. The van der Waals surface area contributed by atoms with Gasteiger partial charge in [-0.15, -0.1) is 16.4 Å². The number of ether oxygens (including phenoxy) is 2. The third-order valence-corrected chi connectivity index (χ3v) is 4.80. The first kappa shape index (κ1) is 21.0. The van der Waals surface area contributed by atoms with Gasteiger partial charge in [0.05, 0.1) is 17.2 Å². The molecule has 0 spiro atoms. The maximum atomic E-state index is 12.2. The zero-order valence-corrected chi connectivity index (χ0v) is 18.0. The second-order valence-corrected chi connectivity index (χ2v) is 8.73. The van der Waals surface area contributed by atoms with E-state index in [0.29, 0.717) is 31.5 Å². The molecule has 1 N–H and O–H groups in total. The number of anilines is 1. The van der Waals surface area contributed by atoms with Gasteiger partial charge in [-0.25, -0.2) is 4.68 Å². The lowest BCUT2D eigenvalue weighted by Gasteiger charge is -2.17. The molecule has 2 aromatic heterocycles. The number of nitrogens with one attached hydrogen (secondary N) is 1. The van der Waals surface area contributed by atoms with Crippen molar-refractivity contribution in [2.45, 2.75) is 27.2 Å². The Morgan fingerprint density at radius 3 is 2.55 bits per heavy atom. The van der Waals surface area contributed by atoms with Gasteiger partial charge in [-0.3, -0.25) is 4.79 Å². The lowest BCUT2D eigenvalue weighted by Crippen LogP contribution is -2.19. The number of carbonyl (C=O) groups excluding carboxylic acids is 1. The molecule has 3 aromatic rings. The first-order valence-corrected chi connectivity index (χ1v) is 10.3. The van der Waals surface area contributed by atoms with Crippen LogP contribution >= 0.6 is 11.3 Å². The number of carbonyl (C=O) groups is 1. The van der Waals surface area contributed by atoms with Gasteiger partial charge in [-0.2, -0.15) is 4.98 Å². The number of aromatic nitrogens is 3. The Balaban J connectivity index is 1.81. The van der Waals surface area contributed by atoms with Crippen molar-refractivity contribution in [3.05, 3.63) is 41.8 Å². The third-order valence-electron chi connectivity index (χ3n) is 3.93. The number of amides is 1. The molecule has 154 valence electrons. The molecule has 0 aliphatic carbocycles. The Kier molecular flexibility index (Phi) is 6.66. The quantitative estimate of drug-likeness (QED) is 0.553. The van der Waals surface area contributed by atoms with Gasteiger partial charge in [0.15, 0.2) is 5.82 Å². The summed E-state index contributed by atoms with van der Waals surface area (Å²) < 4.78 is 12.3. The summed E-state index contributed by atoms with van der Waals surface area (Å²) in [6.45, 7) is 6.96. The minimum Gasteiger partial charge on any atom is -0.460 e. The standard InChI is InChI=1S/C21H26N4O3S/c1-21(2,3)14-18(26)22-15-7-9-16(10-8-15)25-19(17-6-5-13-29-17)23-20(24-25)28-12-11-27-4/h5-10,13H,11-12,14H2,1-4H3,(H,22,26). The van der Waals surface area contributed by atoms with Crippen molar-refractivity contribution in [2.24, 2.45) is 5.41 Å². The summed E-state index contributed by atoms with van der Waals surface area (Å²) in [6.07, 6.45) is 0.461. The summed E-state index contributed by atoms with van der Waals surface area (Å²) in [4.78, 5) is 17.7. The molecule has 8 heteroatoms. The van der Waals surface area contributed by atoms with Gasteiger partial charge in [0, 0.05) is 19.2 Å². The normalized spacial score (nSPS) is 11.4. The van der Waals surface area contributed by atoms with Crippen molar-refractivity contribution in [3.8, 4) is 22.4 Å². The molecule has 0 saturated carbocycles. The van der Waals surface area contributed by atoms with Crippen LogP contribution in [0.1, 0.15) is 27.2 Å². The van der Waals surface area contributed by atoms with E-state index in [1.807, 2.05) is 62.5 Å². The van der Waals surface area contributed by atoms with Crippen LogP contribution in [0.2, 0.25) is 0 Å². The SMILES string of the molecule is COCCOc1nc(-c2cccs2)n(-c2ccc(NC(=O)CC(C)(C)C)cc2)n1. The second-order valence-electron chi connectivity index (χ2n) is 7.78. The van der Waals surface area contributed by atoms with Gasteiger partial charge in [0.2, 0.25) is 5.91 Å². The summed E-state index contributed by atoms with van der Waals surface area (Å²) in [7, 11) is 1.62. The molecular formula is C21H26N4O3S. The summed E-state index contributed by atoms with van der Waals surface area (Å²) >= 11 is 1.58. The fraction of sp³-hybridized carbons (Fsp3) is 0.381. The van der Waals surface area contributed by atoms with Crippen LogP contribution in [0, 0.1) is 5.41 Å². The summed E-state index contributed by atoms with van der Waals surface area (Å²) in [5.74, 6) is 0.705. The number of hydrogen-bond donors (Lipinski definition) is 1. The van der Waals surface area contributed by atoms with E-state index in [9.17, 15) is 4.79 Å². The third kappa shape index (κ3) is 5.88. The molecular weight excluding hydrogens is 388 g/mol. The Hall–Kier alpha value is -2.71. The van der Waals surface area contributed by atoms with Crippen LogP contribution in [-0.4, -0.2) is 41.0 Å². The highest BCUT2D eigenvalue weighted by atomic mass is 32.1. The minimum absolute atomic E-state index is 0.000824. The number of hydrogen-bond acceptors (Lipinski definition) is 6. The molecule has 3 rings (SSSR count). The van der Waals surface area contributed by atoms with Crippen molar-refractivity contribution in [1.82, 2.24) is 14.8 Å². The van der Waals surface area contributed by atoms with E-state index in [1.165, 1.54) is 0 Å². The van der Waals surface area contributed by atoms with Gasteiger partial charge < -0.3 is 14.8 Å². The number of thiophene rings is 1. The predicted octanol–water partition coefficient (Wildman–Crippen LogP) is 4.40. The Morgan fingerprint density at radius 1 is 1.17 bits per heavy atom.